The number of aromatic nitrogens is 1. The van der Waals surface area contributed by atoms with Crippen molar-refractivity contribution in [3.63, 3.8) is 0 Å². The number of pyridine rings is 1. The molecule has 0 aliphatic heterocycles. The van der Waals surface area contributed by atoms with Crippen molar-refractivity contribution in [2.75, 3.05) is 31.7 Å². The number of hydrogen-bond donors (Lipinski definition) is 1. The molecule has 0 radical (unpaired) electrons. The molecule has 0 bridgehead atoms. The summed E-state index contributed by atoms with van der Waals surface area (Å²) in [5.41, 5.74) is 0. The second-order valence-electron chi connectivity index (χ2n) is 3.95. The van der Waals surface area contributed by atoms with Crippen LogP contribution in [0.5, 0.6) is 5.88 Å². The zero-order valence-electron chi connectivity index (χ0n) is 11.3. The van der Waals surface area contributed by atoms with Gasteiger partial charge in [-0.2, -0.15) is 4.98 Å². The average molecular weight is 274 g/mol. The molecule has 1 N–H and O–H groups in total. The van der Waals surface area contributed by atoms with Crippen molar-refractivity contribution in [1.29, 1.82) is 0 Å². The summed E-state index contributed by atoms with van der Waals surface area (Å²) in [7, 11) is 0. The van der Waals surface area contributed by atoms with E-state index in [-0.39, 0.29) is 18.3 Å². The molecule has 1 rings (SSSR count). The molecule has 0 saturated heterocycles. The maximum atomic E-state index is 13.4. The number of ether oxygens (including phenoxy) is 2. The summed E-state index contributed by atoms with van der Waals surface area (Å²) in [6.45, 7) is 5.56. The van der Waals surface area contributed by atoms with Gasteiger partial charge >= 0.3 is 0 Å². The minimum Gasteiger partial charge on any atom is -0.473 e. The highest BCUT2D eigenvalue weighted by Gasteiger charge is 2.12. The summed E-state index contributed by atoms with van der Waals surface area (Å²) < 4.78 is 37.1. The molecule has 0 unspecified atom stereocenters. The van der Waals surface area contributed by atoms with Crippen molar-refractivity contribution in [2.24, 2.45) is 0 Å². The Balaban J connectivity index is 2.46. The molecule has 1 aromatic heterocycles. The monoisotopic (exact) mass is 274 g/mol. The first kappa shape index (κ1) is 15.6. The molecule has 0 saturated carbocycles. The lowest BCUT2D eigenvalue weighted by Gasteiger charge is -2.10. The van der Waals surface area contributed by atoms with Gasteiger partial charge < -0.3 is 14.8 Å². The van der Waals surface area contributed by atoms with Crippen LogP contribution in [0.2, 0.25) is 0 Å². The third kappa shape index (κ3) is 5.38. The van der Waals surface area contributed by atoms with E-state index in [2.05, 4.69) is 17.2 Å². The van der Waals surface area contributed by atoms with Gasteiger partial charge in [0.15, 0.2) is 17.5 Å². The fourth-order valence-corrected chi connectivity index (χ4v) is 1.39. The molecular formula is C13H20F2N2O2. The van der Waals surface area contributed by atoms with Crippen molar-refractivity contribution in [1.82, 2.24) is 4.98 Å². The fourth-order valence-electron chi connectivity index (χ4n) is 1.39. The minimum atomic E-state index is -0.812. The van der Waals surface area contributed by atoms with Crippen LogP contribution >= 0.6 is 0 Å². The van der Waals surface area contributed by atoms with Crippen LogP contribution in [0, 0.1) is 11.6 Å². The number of hydrogen-bond acceptors (Lipinski definition) is 4. The molecule has 0 aliphatic rings. The van der Waals surface area contributed by atoms with Gasteiger partial charge in [0.1, 0.15) is 6.61 Å². The van der Waals surface area contributed by atoms with Gasteiger partial charge in [0, 0.05) is 19.2 Å². The van der Waals surface area contributed by atoms with Gasteiger partial charge in [0.25, 0.3) is 5.88 Å². The minimum absolute atomic E-state index is 0.00852. The lowest BCUT2D eigenvalue weighted by atomic mass is 10.4. The van der Waals surface area contributed by atoms with Gasteiger partial charge in [-0.05, 0) is 13.3 Å². The molecule has 1 aromatic rings. The van der Waals surface area contributed by atoms with Crippen molar-refractivity contribution in [2.45, 2.75) is 26.7 Å². The molecule has 19 heavy (non-hydrogen) atoms. The zero-order valence-corrected chi connectivity index (χ0v) is 11.3. The van der Waals surface area contributed by atoms with Crippen LogP contribution in [0.15, 0.2) is 6.07 Å². The lowest BCUT2D eigenvalue weighted by molar-refractivity contribution is 0.0949. The highest BCUT2D eigenvalue weighted by Crippen LogP contribution is 2.20. The van der Waals surface area contributed by atoms with E-state index >= 15 is 0 Å². The summed E-state index contributed by atoms with van der Waals surface area (Å²) in [6.07, 6.45) is 2.04. The Morgan fingerprint density at radius 3 is 2.63 bits per heavy atom. The van der Waals surface area contributed by atoms with Crippen LogP contribution in [0.3, 0.4) is 0 Å². The number of anilines is 1. The van der Waals surface area contributed by atoms with Crippen LogP contribution in [0.25, 0.3) is 0 Å². The van der Waals surface area contributed by atoms with Gasteiger partial charge in [-0.1, -0.05) is 13.3 Å². The second kappa shape index (κ2) is 8.63. The first-order valence-electron chi connectivity index (χ1n) is 6.49. The van der Waals surface area contributed by atoms with Crippen molar-refractivity contribution >= 4 is 5.82 Å². The predicted octanol–water partition coefficient (Wildman–Crippen LogP) is 2.99. The van der Waals surface area contributed by atoms with Crippen LogP contribution in [0.4, 0.5) is 14.6 Å². The van der Waals surface area contributed by atoms with Gasteiger partial charge in [-0.15, -0.1) is 0 Å². The van der Waals surface area contributed by atoms with Crippen molar-refractivity contribution < 1.29 is 18.3 Å². The van der Waals surface area contributed by atoms with Crippen LogP contribution in [-0.4, -0.2) is 31.3 Å². The van der Waals surface area contributed by atoms with Gasteiger partial charge in [-0.25, -0.2) is 8.78 Å². The molecule has 4 nitrogen and oxygen atoms in total. The van der Waals surface area contributed by atoms with Crippen molar-refractivity contribution in [3.05, 3.63) is 17.7 Å². The zero-order chi connectivity index (χ0) is 14.1. The largest absolute Gasteiger partial charge is 0.473 e. The Morgan fingerprint density at radius 2 is 1.95 bits per heavy atom. The van der Waals surface area contributed by atoms with E-state index < -0.39 is 11.6 Å². The SMILES string of the molecule is CCCCOCCOc1nc(NCC)c(F)cc1F. The molecule has 0 atom stereocenters. The van der Waals surface area contributed by atoms with E-state index in [9.17, 15) is 8.78 Å². The molecule has 1 heterocycles. The summed E-state index contributed by atoms with van der Waals surface area (Å²) in [5.74, 6) is -1.76. The molecule has 6 heteroatoms. The summed E-state index contributed by atoms with van der Waals surface area (Å²) >= 11 is 0. The molecule has 0 aliphatic carbocycles. The van der Waals surface area contributed by atoms with E-state index in [1.807, 2.05) is 0 Å². The summed E-state index contributed by atoms with van der Waals surface area (Å²) in [5, 5.41) is 2.70. The van der Waals surface area contributed by atoms with Gasteiger partial charge in [-0.3, -0.25) is 0 Å². The summed E-state index contributed by atoms with van der Waals surface area (Å²) in [6, 6.07) is 0.762. The van der Waals surface area contributed by atoms with E-state index in [0.29, 0.717) is 19.8 Å². The van der Waals surface area contributed by atoms with Crippen molar-refractivity contribution in [3.8, 4) is 5.88 Å². The van der Waals surface area contributed by atoms with Gasteiger partial charge in [0.2, 0.25) is 0 Å². The first-order valence-corrected chi connectivity index (χ1v) is 6.49. The molecule has 108 valence electrons. The number of halogens is 2. The topological polar surface area (TPSA) is 43.4 Å². The molecule has 0 spiro atoms. The number of nitrogens with zero attached hydrogens (tertiary/aromatic N) is 1. The third-order valence-electron chi connectivity index (χ3n) is 2.35. The third-order valence-corrected chi connectivity index (χ3v) is 2.35. The Kier molecular flexibility index (Phi) is 7.10. The van der Waals surface area contributed by atoms with Crippen LogP contribution in [0.1, 0.15) is 26.7 Å². The Hall–Kier alpha value is -1.43. The van der Waals surface area contributed by atoms with E-state index in [0.717, 1.165) is 18.9 Å². The van der Waals surface area contributed by atoms with Gasteiger partial charge in [0.05, 0.1) is 6.61 Å². The average Bonchev–Trinajstić information content (AvgIpc) is 2.38. The Bertz CT molecular complexity index is 389. The molecule has 0 amide bonds. The predicted molar refractivity (Wildman–Crippen MR) is 69.5 cm³/mol. The highest BCUT2D eigenvalue weighted by molar-refractivity contribution is 5.39. The fraction of sp³-hybridized carbons (Fsp3) is 0.615. The van der Waals surface area contributed by atoms with Crippen LogP contribution in [-0.2, 0) is 4.74 Å². The van der Waals surface area contributed by atoms with E-state index in [4.69, 9.17) is 9.47 Å². The van der Waals surface area contributed by atoms with E-state index in [1.54, 1.807) is 6.92 Å². The Labute approximate surface area is 112 Å². The normalized spacial score (nSPS) is 10.5. The van der Waals surface area contributed by atoms with E-state index in [1.165, 1.54) is 0 Å². The first-order chi connectivity index (χ1) is 9.19. The Morgan fingerprint density at radius 1 is 1.16 bits per heavy atom. The maximum Gasteiger partial charge on any atom is 0.252 e. The van der Waals surface area contributed by atoms with Crippen LogP contribution < -0.4 is 10.1 Å². The number of unbranched alkanes of at least 4 members (excludes halogenated alkanes) is 1. The quantitative estimate of drug-likeness (QED) is 0.703. The number of rotatable bonds is 9. The maximum absolute atomic E-state index is 13.4. The molecule has 0 fully saturated rings. The lowest BCUT2D eigenvalue weighted by Crippen LogP contribution is -2.11. The molecule has 0 aromatic carbocycles. The molecular weight excluding hydrogens is 254 g/mol. The summed E-state index contributed by atoms with van der Waals surface area (Å²) in [4.78, 5) is 3.76. The smallest absolute Gasteiger partial charge is 0.252 e. The highest BCUT2D eigenvalue weighted by atomic mass is 19.1. The standard InChI is InChI=1S/C13H20F2N2O2/c1-3-5-6-18-7-8-19-13-11(15)9-10(14)12(17-13)16-4-2/h9H,3-8H2,1-2H3,(H,16,17). The number of nitrogens with one attached hydrogen (secondary N) is 1. The second-order valence-corrected chi connectivity index (χ2v) is 3.95.